The van der Waals surface area contributed by atoms with Crippen LogP contribution in [0.25, 0.3) is 0 Å². The van der Waals surface area contributed by atoms with Crippen LogP contribution in [0, 0.1) is 5.41 Å². The van der Waals surface area contributed by atoms with Crippen LogP contribution in [-0.4, -0.2) is 21.3 Å². The van der Waals surface area contributed by atoms with Crippen molar-refractivity contribution in [2.75, 3.05) is 0 Å². The number of nitrogens with one attached hydrogen (secondary N) is 2. The monoisotopic (exact) mass is 112 g/mol. The SMILES string of the molecule is N=C=O.c1nc[nH]n1. The van der Waals surface area contributed by atoms with Crippen LogP contribution in [0.5, 0.6) is 0 Å². The summed E-state index contributed by atoms with van der Waals surface area (Å²) >= 11 is 0. The van der Waals surface area contributed by atoms with E-state index in [1.54, 1.807) is 0 Å². The maximum absolute atomic E-state index is 8.35. The number of nitrogens with zero attached hydrogens (tertiary/aromatic N) is 2. The molecule has 42 valence electrons. The molecule has 0 aliphatic carbocycles. The van der Waals surface area contributed by atoms with Gasteiger partial charge >= 0.3 is 0 Å². The molecular formula is C3H4N4O. The van der Waals surface area contributed by atoms with Crippen molar-refractivity contribution in [1.82, 2.24) is 15.2 Å². The van der Waals surface area contributed by atoms with Gasteiger partial charge in [0.25, 0.3) is 0 Å². The van der Waals surface area contributed by atoms with E-state index in [0.717, 1.165) is 6.08 Å². The number of hydrogen-bond donors (Lipinski definition) is 2. The maximum atomic E-state index is 8.35. The summed E-state index contributed by atoms with van der Waals surface area (Å²) in [4.78, 5) is 11.9. The third kappa shape index (κ3) is 4.52. The van der Waals surface area contributed by atoms with Crippen molar-refractivity contribution in [3.05, 3.63) is 12.7 Å². The van der Waals surface area contributed by atoms with E-state index >= 15 is 0 Å². The molecule has 0 amide bonds. The molecule has 8 heavy (non-hydrogen) atoms. The summed E-state index contributed by atoms with van der Waals surface area (Å²) in [5.41, 5.74) is 0. The number of H-pyrrole nitrogens is 1. The predicted octanol–water partition coefficient (Wildman–Crippen LogP) is -0.294. The largest absolute Gasteiger partial charge is 0.266 e. The number of isocyanates is 1. The molecular weight excluding hydrogens is 108 g/mol. The molecule has 5 heteroatoms. The van der Waals surface area contributed by atoms with Crippen molar-refractivity contribution in [2.24, 2.45) is 0 Å². The van der Waals surface area contributed by atoms with Gasteiger partial charge in [-0.25, -0.2) is 15.2 Å². The second-order valence-corrected chi connectivity index (χ2v) is 0.754. The van der Waals surface area contributed by atoms with Gasteiger partial charge in [-0.2, -0.15) is 5.10 Å². The van der Waals surface area contributed by atoms with Crippen LogP contribution in [0.2, 0.25) is 0 Å². The lowest BCUT2D eigenvalue weighted by molar-refractivity contribution is 0.563. The molecule has 0 radical (unpaired) electrons. The number of rotatable bonds is 0. The molecule has 0 saturated heterocycles. The van der Waals surface area contributed by atoms with Gasteiger partial charge in [0.2, 0.25) is 6.08 Å². The second-order valence-electron chi connectivity index (χ2n) is 0.754. The molecule has 0 unspecified atom stereocenters. The van der Waals surface area contributed by atoms with Gasteiger partial charge in [-0.15, -0.1) is 0 Å². The van der Waals surface area contributed by atoms with Crippen molar-refractivity contribution in [1.29, 1.82) is 5.41 Å². The van der Waals surface area contributed by atoms with E-state index in [0.29, 0.717) is 0 Å². The van der Waals surface area contributed by atoms with Crippen LogP contribution in [0.3, 0.4) is 0 Å². The molecule has 1 rings (SSSR count). The second kappa shape index (κ2) is 5.52. The zero-order valence-corrected chi connectivity index (χ0v) is 3.96. The van der Waals surface area contributed by atoms with Crippen molar-refractivity contribution >= 4 is 6.08 Å². The summed E-state index contributed by atoms with van der Waals surface area (Å²) in [5, 5.41) is 11.4. The van der Waals surface area contributed by atoms with E-state index in [1.165, 1.54) is 12.7 Å². The van der Waals surface area contributed by atoms with Crippen LogP contribution in [0.1, 0.15) is 0 Å². The zero-order chi connectivity index (χ0) is 6.24. The summed E-state index contributed by atoms with van der Waals surface area (Å²) in [6.07, 6.45) is 3.71. The van der Waals surface area contributed by atoms with Crippen LogP contribution < -0.4 is 0 Å². The fourth-order valence-corrected chi connectivity index (χ4v) is 0.167. The molecule has 1 aromatic rings. The Hall–Kier alpha value is -1.48. The molecule has 0 spiro atoms. The van der Waals surface area contributed by atoms with Gasteiger partial charge in [-0.1, -0.05) is 0 Å². The molecule has 2 N–H and O–H groups in total. The summed E-state index contributed by atoms with van der Waals surface area (Å²) in [7, 11) is 0. The maximum Gasteiger partial charge on any atom is 0.231 e. The Morgan fingerprint density at radius 3 is 2.50 bits per heavy atom. The molecule has 1 aromatic heterocycles. The van der Waals surface area contributed by atoms with Crippen LogP contribution in [-0.2, 0) is 4.79 Å². The predicted molar refractivity (Wildman–Crippen MR) is 24.8 cm³/mol. The van der Waals surface area contributed by atoms with E-state index < -0.39 is 0 Å². The van der Waals surface area contributed by atoms with Crippen molar-refractivity contribution in [3.8, 4) is 0 Å². The van der Waals surface area contributed by atoms with Crippen molar-refractivity contribution in [2.45, 2.75) is 0 Å². The minimum absolute atomic E-state index is 0.750. The van der Waals surface area contributed by atoms with Gasteiger partial charge in [0, 0.05) is 0 Å². The van der Waals surface area contributed by atoms with Gasteiger partial charge < -0.3 is 0 Å². The van der Waals surface area contributed by atoms with E-state index in [9.17, 15) is 0 Å². The number of carbonyl (C=O) groups excluding carboxylic acids is 1. The minimum Gasteiger partial charge on any atom is -0.266 e. The highest BCUT2D eigenvalue weighted by molar-refractivity contribution is 5.26. The third-order valence-corrected chi connectivity index (χ3v) is 0.331. The number of aromatic amines is 1. The summed E-state index contributed by atoms with van der Waals surface area (Å²) in [6.45, 7) is 0. The molecule has 0 aromatic carbocycles. The third-order valence-electron chi connectivity index (χ3n) is 0.331. The molecule has 0 aliphatic rings. The molecule has 0 saturated carbocycles. The molecule has 0 aliphatic heterocycles. The Labute approximate surface area is 45.3 Å². The summed E-state index contributed by atoms with van der Waals surface area (Å²) in [5.74, 6) is 0. The standard InChI is InChI=1S/C2H3N3.CHNO/c1-3-2-5-4-1;2-1-3/h1-2H,(H,3,4,5);2H. The fourth-order valence-electron chi connectivity index (χ4n) is 0.167. The van der Waals surface area contributed by atoms with Crippen LogP contribution in [0.4, 0.5) is 0 Å². The van der Waals surface area contributed by atoms with Gasteiger partial charge in [0.1, 0.15) is 12.7 Å². The van der Waals surface area contributed by atoms with Crippen LogP contribution >= 0.6 is 0 Å². The van der Waals surface area contributed by atoms with Crippen LogP contribution in [0.15, 0.2) is 12.7 Å². The summed E-state index contributed by atoms with van der Waals surface area (Å²) < 4.78 is 0. The molecule has 1 heterocycles. The lowest BCUT2D eigenvalue weighted by Gasteiger charge is -1.46. The first-order valence-corrected chi connectivity index (χ1v) is 1.74. The van der Waals surface area contributed by atoms with Gasteiger partial charge in [0.15, 0.2) is 0 Å². The Morgan fingerprint density at radius 1 is 1.75 bits per heavy atom. The first kappa shape index (κ1) is 6.52. The lowest BCUT2D eigenvalue weighted by Crippen LogP contribution is -1.53. The average molecular weight is 112 g/mol. The smallest absolute Gasteiger partial charge is 0.231 e. The summed E-state index contributed by atoms with van der Waals surface area (Å²) in [6, 6.07) is 0. The number of hydrogen-bond acceptors (Lipinski definition) is 4. The highest BCUT2D eigenvalue weighted by atomic mass is 16.1. The van der Waals surface area contributed by atoms with Gasteiger partial charge in [-0.05, 0) is 0 Å². The topological polar surface area (TPSA) is 82.5 Å². The first-order chi connectivity index (χ1) is 3.91. The zero-order valence-electron chi connectivity index (χ0n) is 3.96. The highest BCUT2D eigenvalue weighted by Gasteiger charge is 1.57. The molecule has 0 fully saturated rings. The van der Waals surface area contributed by atoms with E-state index in [4.69, 9.17) is 10.2 Å². The van der Waals surface area contributed by atoms with E-state index in [1.807, 2.05) is 0 Å². The Bertz CT molecular complexity index is 123. The van der Waals surface area contributed by atoms with E-state index in [2.05, 4.69) is 15.2 Å². The molecule has 0 atom stereocenters. The Kier molecular flexibility index (Phi) is 4.50. The van der Waals surface area contributed by atoms with Crippen molar-refractivity contribution < 1.29 is 4.79 Å². The molecule has 5 nitrogen and oxygen atoms in total. The Morgan fingerprint density at radius 2 is 2.38 bits per heavy atom. The fraction of sp³-hybridized carbons (Fsp3) is 0. The van der Waals surface area contributed by atoms with Gasteiger partial charge in [-0.3, -0.25) is 5.10 Å². The Balaban J connectivity index is 0.000000145. The minimum atomic E-state index is 0.750. The quantitative estimate of drug-likeness (QED) is 0.357. The van der Waals surface area contributed by atoms with E-state index in [-0.39, 0.29) is 0 Å². The lowest BCUT2D eigenvalue weighted by atomic mass is 11.3. The highest BCUT2D eigenvalue weighted by Crippen LogP contribution is 1.53. The average Bonchev–Trinajstić information content (AvgIpc) is 2.17. The normalized spacial score (nSPS) is 6.00. The first-order valence-electron chi connectivity index (χ1n) is 1.74. The molecule has 0 bridgehead atoms. The van der Waals surface area contributed by atoms with Gasteiger partial charge in [0.05, 0.1) is 0 Å². The van der Waals surface area contributed by atoms with Crippen molar-refractivity contribution in [3.63, 3.8) is 0 Å². The number of aromatic nitrogens is 3.